The zero-order valence-corrected chi connectivity index (χ0v) is 18.7. The first kappa shape index (κ1) is 20.3. The molecule has 1 aliphatic heterocycles. The Bertz CT molecular complexity index is 1110. The quantitative estimate of drug-likeness (QED) is 0.444. The third-order valence-electron chi connectivity index (χ3n) is 4.89. The Balaban J connectivity index is 1.81. The van der Waals surface area contributed by atoms with Gasteiger partial charge in [-0.25, -0.2) is 0 Å². The molecule has 1 aliphatic rings. The van der Waals surface area contributed by atoms with Crippen LogP contribution >= 0.6 is 28.1 Å². The summed E-state index contributed by atoms with van der Waals surface area (Å²) in [6, 6.07) is 25.0. The molecule has 1 heterocycles. The van der Waals surface area contributed by atoms with Crippen molar-refractivity contribution in [3.8, 4) is 0 Å². The first-order chi connectivity index (χ1) is 14.5. The van der Waals surface area contributed by atoms with Gasteiger partial charge in [-0.3, -0.25) is 4.79 Å². The summed E-state index contributed by atoms with van der Waals surface area (Å²) in [5.41, 5.74) is 5.01. The number of halogens is 1. The molecule has 1 atom stereocenters. The maximum Gasteiger partial charge on any atom is 0.256 e. The number of aryl methyl sites for hydroxylation is 1. The molecule has 3 aromatic rings. The number of hydrogen-bond acceptors (Lipinski definition) is 2. The van der Waals surface area contributed by atoms with E-state index >= 15 is 0 Å². The van der Waals surface area contributed by atoms with E-state index < -0.39 is 0 Å². The second-order valence-corrected chi connectivity index (χ2v) is 8.38. The summed E-state index contributed by atoms with van der Waals surface area (Å²) >= 11 is 8.95. The molecule has 0 fully saturated rings. The van der Waals surface area contributed by atoms with Gasteiger partial charge in [0.1, 0.15) is 0 Å². The minimum atomic E-state index is -0.382. The van der Waals surface area contributed by atoms with Crippen molar-refractivity contribution < 1.29 is 4.79 Å². The minimum Gasteiger partial charge on any atom is -0.351 e. The highest BCUT2D eigenvalue weighted by Gasteiger charge is 2.32. The van der Waals surface area contributed by atoms with E-state index in [0.717, 1.165) is 26.9 Å². The number of benzene rings is 3. The highest BCUT2D eigenvalue weighted by molar-refractivity contribution is 9.10. The van der Waals surface area contributed by atoms with Crippen molar-refractivity contribution >= 4 is 50.6 Å². The van der Waals surface area contributed by atoms with Crippen LogP contribution in [0, 0.1) is 6.92 Å². The number of rotatable bonds is 4. The zero-order valence-electron chi connectivity index (χ0n) is 16.3. The molecule has 6 heteroatoms. The lowest BCUT2D eigenvalue weighted by molar-refractivity contribution is -0.113. The second-order valence-electron chi connectivity index (χ2n) is 7.06. The summed E-state index contributed by atoms with van der Waals surface area (Å²) in [6.45, 7) is 2.02. The van der Waals surface area contributed by atoms with Gasteiger partial charge in [0.25, 0.3) is 5.91 Å². The Hall–Kier alpha value is -2.96. The molecule has 0 unspecified atom stereocenters. The summed E-state index contributed by atoms with van der Waals surface area (Å²) in [4.78, 5) is 13.5. The van der Waals surface area contributed by atoms with Gasteiger partial charge < -0.3 is 16.0 Å². The van der Waals surface area contributed by atoms with E-state index in [1.165, 1.54) is 0 Å². The Kier molecular flexibility index (Phi) is 5.97. The van der Waals surface area contributed by atoms with Crippen LogP contribution in [0.25, 0.3) is 5.70 Å². The second kappa shape index (κ2) is 8.81. The SMILES string of the molecule is Cc1ccc(NC(=O)C2=C(c3ccccc3)NC(=S)N[C@H]2c2ccc(Br)cc2)cc1. The van der Waals surface area contributed by atoms with Crippen LogP contribution in [-0.2, 0) is 4.79 Å². The fraction of sp³-hybridized carbons (Fsp3) is 0.0833. The Morgan fingerprint density at radius 1 is 0.967 bits per heavy atom. The van der Waals surface area contributed by atoms with Gasteiger partial charge in [-0.2, -0.15) is 0 Å². The molecule has 0 bridgehead atoms. The van der Waals surface area contributed by atoms with Crippen LogP contribution in [0.2, 0.25) is 0 Å². The van der Waals surface area contributed by atoms with Crippen LogP contribution in [-0.4, -0.2) is 11.0 Å². The van der Waals surface area contributed by atoms with E-state index in [-0.39, 0.29) is 11.9 Å². The van der Waals surface area contributed by atoms with E-state index in [1.807, 2.05) is 85.8 Å². The predicted octanol–water partition coefficient (Wildman–Crippen LogP) is 5.33. The summed E-state index contributed by atoms with van der Waals surface area (Å²) in [6.07, 6.45) is 0. The first-order valence-corrected chi connectivity index (χ1v) is 10.7. The van der Waals surface area contributed by atoms with Crippen LogP contribution in [0.3, 0.4) is 0 Å². The van der Waals surface area contributed by atoms with Crippen LogP contribution in [0.4, 0.5) is 5.69 Å². The van der Waals surface area contributed by atoms with Crippen LogP contribution in [0.15, 0.2) is 88.9 Å². The highest BCUT2D eigenvalue weighted by Crippen LogP contribution is 2.32. The molecule has 0 aliphatic carbocycles. The van der Waals surface area contributed by atoms with Gasteiger partial charge >= 0.3 is 0 Å². The highest BCUT2D eigenvalue weighted by atomic mass is 79.9. The normalized spacial score (nSPS) is 15.9. The number of amides is 1. The number of thiocarbonyl (C=S) groups is 1. The largest absolute Gasteiger partial charge is 0.351 e. The van der Waals surface area contributed by atoms with Gasteiger partial charge in [-0.05, 0) is 54.5 Å². The van der Waals surface area contributed by atoms with Gasteiger partial charge in [-0.15, -0.1) is 0 Å². The van der Waals surface area contributed by atoms with Crippen LogP contribution < -0.4 is 16.0 Å². The number of carbonyl (C=O) groups excluding carboxylic acids is 1. The van der Waals surface area contributed by atoms with Crippen molar-refractivity contribution in [3.05, 3.63) is 106 Å². The summed E-state index contributed by atoms with van der Waals surface area (Å²) < 4.78 is 0.973. The van der Waals surface area contributed by atoms with Gasteiger partial charge in [0.2, 0.25) is 0 Å². The predicted molar refractivity (Wildman–Crippen MR) is 129 cm³/mol. The number of nitrogens with one attached hydrogen (secondary N) is 3. The van der Waals surface area contributed by atoms with Crippen LogP contribution in [0.1, 0.15) is 22.7 Å². The van der Waals surface area contributed by atoms with E-state index in [0.29, 0.717) is 16.4 Å². The minimum absolute atomic E-state index is 0.187. The third-order valence-corrected chi connectivity index (χ3v) is 5.64. The lowest BCUT2D eigenvalue weighted by atomic mass is 9.92. The molecule has 0 radical (unpaired) electrons. The van der Waals surface area contributed by atoms with Crippen LogP contribution in [0.5, 0.6) is 0 Å². The molecule has 0 saturated carbocycles. The van der Waals surface area contributed by atoms with Crippen molar-refractivity contribution in [3.63, 3.8) is 0 Å². The molecule has 1 amide bonds. The van der Waals surface area contributed by atoms with Crippen molar-refractivity contribution in [1.29, 1.82) is 0 Å². The van der Waals surface area contributed by atoms with Gasteiger partial charge in [0, 0.05) is 10.2 Å². The molecule has 0 aromatic heterocycles. The average Bonchev–Trinajstić information content (AvgIpc) is 2.76. The summed E-state index contributed by atoms with van der Waals surface area (Å²) in [5, 5.41) is 9.98. The molecular formula is C24H20BrN3OS. The Morgan fingerprint density at radius 2 is 1.63 bits per heavy atom. The molecule has 4 rings (SSSR count). The topological polar surface area (TPSA) is 53.2 Å². The van der Waals surface area contributed by atoms with E-state index in [4.69, 9.17) is 12.2 Å². The molecular weight excluding hydrogens is 458 g/mol. The Labute approximate surface area is 189 Å². The molecule has 0 spiro atoms. The number of hydrogen-bond donors (Lipinski definition) is 3. The van der Waals surface area contributed by atoms with E-state index in [1.54, 1.807) is 0 Å². The van der Waals surface area contributed by atoms with E-state index in [9.17, 15) is 4.79 Å². The lowest BCUT2D eigenvalue weighted by Gasteiger charge is -2.32. The molecule has 30 heavy (non-hydrogen) atoms. The smallest absolute Gasteiger partial charge is 0.256 e. The van der Waals surface area contributed by atoms with Gasteiger partial charge in [0.15, 0.2) is 5.11 Å². The fourth-order valence-electron chi connectivity index (χ4n) is 3.38. The van der Waals surface area contributed by atoms with Crippen molar-refractivity contribution in [1.82, 2.24) is 10.6 Å². The standard InChI is InChI=1S/C24H20BrN3OS/c1-15-7-13-19(14-8-15)26-23(29)20-21(16-5-3-2-4-6-16)27-24(30)28-22(20)17-9-11-18(25)12-10-17/h2-14,22H,1H3,(H,26,29)(H2,27,28,30)/t22-/m0/s1. The van der Waals surface area contributed by atoms with Crippen molar-refractivity contribution in [2.24, 2.45) is 0 Å². The molecule has 3 N–H and O–H groups in total. The number of carbonyl (C=O) groups is 1. The first-order valence-electron chi connectivity index (χ1n) is 9.52. The molecule has 150 valence electrons. The molecule has 3 aromatic carbocycles. The molecule has 4 nitrogen and oxygen atoms in total. The summed E-state index contributed by atoms with van der Waals surface area (Å²) in [5.74, 6) is -0.187. The van der Waals surface area contributed by atoms with E-state index in [2.05, 4.69) is 31.9 Å². The number of anilines is 1. The monoisotopic (exact) mass is 477 g/mol. The lowest BCUT2D eigenvalue weighted by Crippen LogP contribution is -2.45. The average molecular weight is 478 g/mol. The third kappa shape index (κ3) is 4.45. The maximum atomic E-state index is 13.5. The fourth-order valence-corrected chi connectivity index (χ4v) is 3.87. The van der Waals surface area contributed by atoms with Gasteiger partial charge in [0.05, 0.1) is 17.3 Å². The zero-order chi connectivity index (χ0) is 21.1. The Morgan fingerprint density at radius 3 is 2.30 bits per heavy atom. The summed E-state index contributed by atoms with van der Waals surface area (Å²) in [7, 11) is 0. The maximum absolute atomic E-state index is 13.5. The van der Waals surface area contributed by atoms with Gasteiger partial charge in [-0.1, -0.05) is 76.1 Å². The molecule has 0 saturated heterocycles. The van der Waals surface area contributed by atoms with Crippen molar-refractivity contribution in [2.75, 3.05) is 5.32 Å². The van der Waals surface area contributed by atoms with Crippen molar-refractivity contribution in [2.45, 2.75) is 13.0 Å².